The summed E-state index contributed by atoms with van der Waals surface area (Å²) in [6.07, 6.45) is 2.34. The highest BCUT2D eigenvalue weighted by molar-refractivity contribution is 5.97. The van der Waals surface area contributed by atoms with Crippen molar-refractivity contribution in [1.82, 2.24) is 4.90 Å². The van der Waals surface area contributed by atoms with E-state index in [1.807, 2.05) is 24.3 Å². The third kappa shape index (κ3) is 4.97. The van der Waals surface area contributed by atoms with Crippen molar-refractivity contribution in [3.8, 4) is 5.75 Å². The predicted octanol–water partition coefficient (Wildman–Crippen LogP) is 3.64. The number of ether oxygens (including phenoxy) is 1. The number of hydrogen-bond donors (Lipinski definition) is 0. The Morgan fingerprint density at radius 3 is 2.20 bits per heavy atom. The van der Waals surface area contributed by atoms with Gasteiger partial charge in [0.25, 0.3) is 0 Å². The Kier molecular flexibility index (Phi) is 7.31. The second kappa shape index (κ2) is 8.75. The van der Waals surface area contributed by atoms with Crippen LogP contribution >= 0.6 is 0 Å². The first-order valence-corrected chi connectivity index (χ1v) is 7.54. The van der Waals surface area contributed by atoms with E-state index in [9.17, 15) is 4.79 Å². The molecule has 0 radical (unpaired) electrons. The van der Waals surface area contributed by atoms with E-state index in [-0.39, 0.29) is 5.78 Å². The summed E-state index contributed by atoms with van der Waals surface area (Å²) in [6, 6.07) is 7.35. The van der Waals surface area contributed by atoms with Crippen molar-refractivity contribution in [3.05, 3.63) is 29.8 Å². The van der Waals surface area contributed by atoms with Crippen LogP contribution in [0.4, 0.5) is 0 Å². The van der Waals surface area contributed by atoms with Crippen LogP contribution in [0.15, 0.2) is 24.3 Å². The fourth-order valence-electron chi connectivity index (χ4n) is 2.29. The van der Waals surface area contributed by atoms with Gasteiger partial charge in [0.15, 0.2) is 5.78 Å². The second-order valence-electron chi connectivity index (χ2n) is 5.16. The summed E-state index contributed by atoms with van der Waals surface area (Å²) in [7, 11) is 1.63. The van der Waals surface area contributed by atoms with Gasteiger partial charge in [-0.1, -0.05) is 33.6 Å². The van der Waals surface area contributed by atoms with E-state index in [1.165, 1.54) is 12.8 Å². The lowest BCUT2D eigenvalue weighted by Crippen LogP contribution is -2.34. The third-order valence-corrected chi connectivity index (χ3v) is 3.90. The smallest absolute Gasteiger partial charge is 0.176 e. The van der Waals surface area contributed by atoms with Crippen LogP contribution in [0.25, 0.3) is 0 Å². The Bertz CT molecular complexity index is 396. The molecule has 0 aliphatic rings. The maximum absolute atomic E-state index is 12.3. The van der Waals surface area contributed by atoms with Crippen molar-refractivity contribution < 1.29 is 9.53 Å². The summed E-state index contributed by atoms with van der Waals surface area (Å²) in [5.41, 5.74) is 0.758. The van der Waals surface area contributed by atoms with Gasteiger partial charge in [-0.2, -0.15) is 0 Å². The third-order valence-electron chi connectivity index (χ3n) is 3.90. The zero-order chi connectivity index (χ0) is 15.0. The molecule has 0 N–H and O–H groups in total. The average Bonchev–Trinajstić information content (AvgIpc) is 2.51. The Morgan fingerprint density at radius 2 is 1.75 bits per heavy atom. The number of Topliss-reactive ketones (excluding diaryl/α,β-unsaturated/α-hetero) is 1. The van der Waals surface area contributed by atoms with Crippen molar-refractivity contribution in [3.63, 3.8) is 0 Å². The first-order valence-electron chi connectivity index (χ1n) is 7.54. The van der Waals surface area contributed by atoms with Gasteiger partial charge in [0, 0.05) is 12.1 Å². The molecule has 0 fully saturated rings. The van der Waals surface area contributed by atoms with Crippen molar-refractivity contribution in [2.24, 2.45) is 5.92 Å². The van der Waals surface area contributed by atoms with E-state index >= 15 is 0 Å². The fourth-order valence-corrected chi connectivity index (χ4v) is 2.29. The number of benzene rings is 1. The van der Waals surface area contributed by atoms with Gasteiger partial charge >= 0.3 is 0 Å². The highest BCUT2D eigenvalue weighted by Gasteiger charge is 2.14. The highest BCUT2D eigenvalue weighted by Crippen LogP contribution is 2.14. The maximum Gasteiger partial charge on any atom is 0.176 e. The Balaban J connectivity index is 2.61. The number of hydrogen-bond acceptors (Lipinski definition) is 3. The molecule has 0 unspecified atom stereocenters. The average molecular weight is 277 g/mol. The van der Waals surface area contributed by atoms with E-state index in [4.69, 9.17) is 4.74 Å². The SMILES string of the molecule is CCC(CC)CN(CC)CC(=O)c1ccc(OC)cc1. The van der Waals surface area contributed by atoms with Crippen LogP contribution in [0, 0.1) is 5.92 Å². The van der Waals surface area contributed by atoms with E-state index in [0.29, 0.717) is 12.5 Å². The number of rotatable bonds is 9. The molecule has 0 atom stereocenters. The van der Waals surface area contributed by atoms with Crippen molar-refractivity contribution in [1.29, 1.82) is 0 Å². The molecule has 0 aliphatic heterocycles. The van der Waals surface area contributed by atoms with Gasteiger partial charge in [0.2, 0.25) is 0 Å². The lowest BCUT2D eigenvalue weighted by atomic mass is 10.0. The predicted molar refractivity (Wildman–Crippen MR) is 83.5 cm³/mol. The normalized spacial score (nSPS) is 11.1. The Labute approximate surface area is 122 Å². The minimum Gasteiger partial charge on any atom is -0.497 e. The number of likely N-dealkylation sites (N-methyl/N-ethyl adjacent to an activating group) is 1. The first kappa shape index (κ1) is 16.7. The number of methoxy groups -OCH3 is 1. The van der Waals surface area contributed by atoms with Crippen LogP contribution in [-0.4, -0.2) is 37.4 Å². The standard InChI is InChI=1S/C17H27NO2/c1-5-14(6-2)12-18(7-3)13-17(19)15-8-10-16(20-4)11-9-15/h8-11,14H,5-7,12-13H2,1-4H3. The number of carbonyl (C=O) groups is 1. The molecule has 112 valence electrons. The van der Waals surface area contributed by atoms with Gasteiger partial charge in [-0.3, -0.25) is 9.69 Å². The van der Waals surface area contributed by atoms with Crippen LogP contribution in [0.5, 0.6) is 5.75 Å². The van der Waals surface area contributed by atoms with Gasteiger partial charge in [-0.15, -0.1) is 0 Å². The van der Waals surface area contributed by atoms with Gasteiger partial charge in [-0.25, -0.2) is 0 Å². The summed E-state index contributed by atoms with van der Waals surface area (Å²) in [5, 5.41) is 0. The molecule has 0 bridgehead atoms. The lowest BCUT2D eigenvalue weighted by Gasteiger charge is -2.24. The quantitative estimate of drug-likeness (QED) is 0.645. The van der Waals surface area contributed by atoms with Crippen molar-refractivity contribution >= 4 is 5.78 Å². The zero-order valence-electron chi connectivity index (χ0n) is 13.2. The molecule has 0 saturated carbocycles. The molecule has 3 nitrogen and oxygen atoms in total. The Morgan fingerprint density at radius 1 is 1.15 bits per heavy atom. The molecule has 0 saturated heterocycles. The number of carbonyl (C=O) groups excluding carboxylic acids is 1. The highest BCUT2D eigenvalue weighted by atomic mass is 16.5. The molecule has 0 spiro atoms. The Hall–Kier alpha value is -1.35. The van der Waals surface area contributed by atoms with E-state index in [2.05, 4.69) is 25.7 Å². The molecule has 3 heteroatoms. The van der Waals surface area contributed by atoms with Gasteiger partial charge in [-0.05, 0) is 36.7 Å². The van der Waals surface area contributed by atoms with Crippen molar-refractivity contribution in [2.45, 2.75) is 33.6 Å². The van der Waals surface area contributed by atoms with Gasteiger partial charge in [0.05, 0.1) is 13.7 Å². The minimum atomic E-state index is 0.181. The molecule has 1 rings (SSSR count). The van der Waals surface area contributed by atoms with Crippen molar-refractivity contribution in [2.75, 3.05) is 26.7 Å². The second-order valence-corrected chi connectivity index (χ2v) is 5.16. The van der Waals surface area contributed by atoms with E-state index < -0.39 is 0 Å². The van der Waals surface area contributed by atoms with E-state index in [0.717, 1.165) is 24.4 Å². The molecule has 1 aromatic carbocycles. The summed E-state index contributed by atoms with van der Waals surface area (Å²) in [5.74, 6) is 1.64. The van der Waals surface area contributed by atoms with Crippen LogP contribution in [0.3, 0.4) is 0 Å². The number of ketones is 1. The summed E-state index contributed by atoms with van der Waals surface area (Å²) < 4.78 is 5.11. The molecule has 0 aliphatic carbocycles. The molecule has 0 aromatic heterocycles. The van der Waals surface area contributed by atoms with Crippen LogP contribution in [-0.2, 0) is 0 Å². The lowest BCUT2D eigenvalue weighted by molar-refractivity contribution is 0.0920. The molecule has 0 heterocycles. The fraction of sp³-hybridized carbons (Fsp3) is 0.588. The molecule has 0 amide bonds. The summed E-state index contributed by atoms with van der Waals surface area (Å²) in [4.78, 5) is 14.5. The first-order chi connectivity index (χ1) is 9.64. The van der Waals surface area contributed by atoms with Gasteiger partial charge < -0.3 is 4.74 Å². The number of nitrogens with zero attached hydrogens (tertiary/aromatic N) is 1. The summed E-state index contributed by atoms with van der Waals surface area (Å²) >= 11 is 0. The van der Waals surface area contributed by atoms with E-state index in [1.54, 1.807) is 7.11 Å². The minimum absolute atomic E-state index is 0.181. The molecule has 20 heavy (non-hydrogen) atoms. The molecular formula is C17H27NO2. The topological polar surface area (TPSA) is 29.5 Å². The monoisotopic (exact) mass is 277 g/mol. The van der Waals surface area contributed by atoms with Crippen LogP contribution < -0.4 is 4.74 Å². The molecular weight excluding hydrogens is 250 g/mol. The summed E-state index contributed by atoms with van der Waals surface area (Å²) in [6.45, 7) is 8.97. The maximum atomic E-state index is 12.3. The largest absolute Gasteiger partial charge is 0.497 e. The van der Waals surface area contributed by atoms with Gasteiger partial charge in [0.1, 0.15) is 5.75 Å². The van der Waals surface area contributed by atoms with Crippen LogP contribution in [0.1, 0.15) is 44.0 Å². The molecule has 1 aromatic rings. The zero-order valence-corrected chi connectivity index (χ0v) is 13.2. The van der Waals surface area contributed by atoms with Crippen LogP contribution in [0.2, 0.25) is 0 Å².